The summed E-state index contributed by atoms with van der Waals surface area (Å²) in [6.07, 6.45) is 5.27. The van der Waals surface area contributed by atoms with Crippen molar-refractivity contribution in [3.63, 3.8) is 0 Å². The Balaban J connectivity index is 1.72. The predicted octanol–water partition coefficient (Wildman–Crippen LogP) is 3.42. The summed E-state index contributed by atoms with van der Waals surface area (Å²) in [5.41, 5.74) is 8.16. The molecular weight excluding hydrogens is 250 g/mol. The maximum Gasteiger partial charge on any atom is 0.209 e. The van der Waals surface area contributed by atoms with Crippen LogP contribution in [0.25, 0.3) is 11.1 Å². The van der Waals surface area contributed by atoms with Crippen molar-refractivity contribution in [1.82, 2.24) is 9.88 Å². The van der Waals surface area contributed by atoms with Gasteiger partial charge in [-0.3, -0.25) is 4.90 Å². The molecule has 1 aliphatic carbocycles. The molecule has 1 saturated carbocycles. The van der Waals surface area contributed by atoms with E-state index >= 15 is 0 Å². The molecule has 0 bridgehead atoms. The normalized spacial score (nSPS) is 23.6. The molecule has 2 atom stereocenters. The Morgan fingerprint density at radius 2 is 2.25 bits per heavy atom. The molecule has 0 amide bonds. The zero-order valence-corrected chi connectivity index (χ0v) is 12.3. The number of hydrogen-bond acceptors (Lipinski definition) is 4. The molecule has 3 rings (SSSR count). The third-order valence-electron chi connectivity index (χ3n) is 4.37. The number of benzene rings is 1. The molecule has 2 unspecified atom stereocenters. The van der Waals surface area contributed by atoms with E-state index in [1.807, 2.05) is 18.2 Å². The van der Waals surface area contributed by atoms with E-state index in [2.05, 4.69) is 23.9 Å². The Kier molecular flexibility index (Phi) is 3.66. The summed E-state index contributed by atoms with van der Waals surface area (Å²) >= 11 is 0. The molecule has 0 radical (unpaired) electrons. The molecule has 20 heavy (non-hydrogen) atoms. The number of hydrogen-bond donors (Lipinski definition) is 1. The van der Waals surface area contributed by atoms with E-state index in [1.165, 1.54) is 25.7 Å². The fourth-order valence-corrected chi connectivity index (χ4v) is 3.20. The smallest absolute Gasteiger partial charge is 0.209 e. The van der Waals surface area contributed by atoms with Crippen LogP contribution in [0.15, 0.2) is 22.6 Å². The summed E-state index contributed by atoms with van der Waals surface area (Å²) in [5.74, 6) is 1.62. The Morgan fingerprint density at radius 3 is 3.05 bits per heavy atom. The number of nitrogens with two attached hydrogens (primary N) is 1. The van der Waals surface area contributed by atoms with E-state index in [0.29, 0.717) is 6.04 Å². The third-order valence-corrected chi connectivity index (χ3v) is 4.37. The van der Waals surface area contributed by atoms with Crippen LogP contribution in [0.5, 0.6) is 0 Å². The van der Waals surface area contributed by atoms with Crippen molar-refractivity contribution in [1.29, 1.82) is 0 Å². The van der Waals surface area contributed by atoms with Gasteiger partial charge in [0.25, 0.3) is 0 Å². The highest BCUT2D eigenvalue weighted by Crippen LogP contribution is 2.28. The fourth-order valence-electron chi connectivity index (χ4n) is 3.20. The molecule has 1 fully saturated rings. The van der Waals surface area contributed by atoms with Crippen molar-refractivity contribution in [2.24, 2.45) is 5.92 Å². The van der Waals surface area contributed by atoms with Crippen LogP contribution in [0, 0.1) is 5.92 Å². The van der Waals surface area contributed by atoms with Crippen LogP contribution in [0.3, 0.4) is 0 Å². The molecule has 1 aliphatic rings. The van der Waals surface area contributed by atoms with E-state index in [4.69, 9.17) is 10.2 Å². The summed E-state index contributed by atoms with van der Waals surface area (Å²) in [6, 6.07) is 6.27. The first-order chi connectivity index (χ1) is 9.61. The molecule has 0 spiro atoms. The Morgan fingerprint density at radius 1 is 1.40 bits per heavy atom. The summed E-state index contributed by atoms with van der Waals surface area (Å²) < 4.78 is 5.80. The lowest BCUT2D eigenvalue weighted by atomic mass is 9.86. The van der Waals surface area contributed by atoms with Crippen LogP contribution in [0.1, 0.15) is 38.5 Å². The summed E-state index contributed by atoms with van der Waals surface area (Å²) in [7, 11) is 2.17. The van der Waals surface area contributed by atoms with Gasteiger partial charge in [-0.2, -0.15) is 0 Å². The first-order valence-electron chi connectivity index (χ1n) is 7.47. The number of fused-ring (bicyclic) bond motifs is 1. The van der Waals surface area contributed by atoms with E-state index in [-0.39, 0.29) is 0 Å². The molecule has 1 aromatic carbocycles. The number of nitrogen functional groups attached to an aromatic ring is 1. The number of rotatable bonds is 3. The van der Waals surface area contributed by atoms with Gasteiger partial charge >= 0.3 is 0 Å². The van der Waals surface area contributed by atoms with E-state index in [1.54, 1.807) is 0 Å². The van der Waals surface area contributed by atoms with E-state index < -0.39 is 0 Å². The molecular formula is C16H23N3O. The van der Waals surface area contributed by atoms with Gasteiger partial charge in [0.1, 0.15) is 5.52 Å². The maximum absolute atomic E-state index is 5.80. The van der Waals surface area contributed by atoms with E-state index in [0.717, 1.165) is 35.1 Å². The Hall–Kier alpha value is -1.55. The average Bonchev–Trinajstić information content (AvgIpc) is 2.80. The van der Waals surface area contributed by atoms with Crippen molar-refractivity contribution >= 4 is 16.8 Å². The molecule has 0 aliphatic heterocycles. The van der Waals surface area contributed by atoms with Gasteiger partial charge in [-0.05, 0) is 37.9 Å². The first-order valence-corrected chi connectivity index (χ1v) is 7.47. The highest BCUT2D eigenvalue weighted by atomic mass is 16.3. The SMILES string of the molecule is CC1CCCC(N(C)Cc2nc3ccc(N)cc3o2)C1. The lowest BCUT2D eigenvalue weighted by molar-refractivity contribution is 0.147. The van der Waals surface area contributed by atoms with Crippen LogP contribution in [0.4, 0.5) is 5.69 Å². The zero-order valence-electron chi connectivity index (χ0n) is 12.3. The topological polar surface area (TPSA) is 55.3 Å². The summed E-state index contributed by atoms with van der Waals surface area (Å²) in [5, 5.41) is 0. The molecule has 4 heteroatoms. The second kappa shape index (κ2) is 5.44. The minimum Gasteiger partial charge on any atom is -0.439 e. The highest BCUT2D eigenvalue weighted by molar-refractivity contribution is 5.76. The number of anilines is 1. The Labute approximate surface area is 120 Å². The van der Waals surface area contributed by atoms with Crippen molar-refractivity contribution in [2.75, 3.05) is 12.8 Å². The van der Waals surface area contributed by atoms with Crippen LogP contribution in [-0.2, 0) is 6.54 Å². The van der Waals surface area contributed by atoms with Crippen LogP contribution in [0.2, 0.25) is 0 Å². The minimum absolute atomic E-state index is 0.652. The summed E-state index contributed by atoms with van der Waals surface area (Å²) in [6.45, 7) is 3.12. The maximum atomic E-state index is 5.80. The Bertz CT molecular complexity index is 592. The third kappa shape index (κ3) is 2.80. The fraction of sp³-hybridized carbons (Fsp3) is 0.562. The number of nitrogens with zero attached hydrogens (tertiary/aromatic N) is 2. The standard InChI is InChI=1S/C16H23N3O/c1-11-4-3-5-13(8-11)19(2)10-16-18-14-7-6-12(17)9-15(14)20-16/h6-7,9,11,13H,3-5,8,10,17H2,1-2H3. The van der Waals surface area contributed by atoms with Crippen molar-refractivity contribution in [3.8, 4) is 0 Å². The summed E-state index contributed by atoms with van der Waals surface area (Å²) in [4.78, 5) is 6.92. The molecule has 0 saturated heterocycles. The second-order valence-corrected chi connectivity index (χ2v) is 6.18. The lowest BCUT2D eigenvalue weighted by Crippen LogP contribution is -2.35. The largest absolute Gasteiger partial charge is 0.439 e. The molecule has 4 nitrogen and oxygen atoms in total. The van der Waals surface area contributed by atoms with Gasteiger partial charge < -0.3 is 10.2 Å². The van der Waals surface area contributed by atoms with Gasteiger partial charge in [0, 0.05) is 17.8 Å². The van der Waals surface area contributed by atoms with Crippen molar-refractivity contribution in [2.45, 2.75) is 45.2 Å². The van der Waals surface area contributed by atoms with Gasteiger partial charge in [-0.1, -0.05) is 19.8 Å². The molecule has 1 aromatic heterocycles. The van der Waals surface area contributed by atoms with Gasteiger partial charge in [0.15, 0.2) is 5.58 Å². The monoisotopic (exact) mass is 273 g/mol. The number of oxazole rings is 1. The number of aromatic nitrogens is 1. The minimum atomic E-state index is 0.652. The van der Waals surface area contributed by atoms with Crippen molar-refractivity contribution < 1.29 is 4.42 Å². The van der Waals surface area contributed by atoms with Gasteiger partial charge in [-0.15, -0.1) is 0 Å². The van der Waals surface area contributed by atoms with Crippen molar-refractivity contribution in [3.05, 3.63) is 24.1 Å². The van der Waals surface area contributed by atoms with Gasteiger partial charge in [0.05, 0.1) is 6.54 Å². The van der Waals surface area contributed by atoms with E-state index in [9.17, 15) is 0 Å². The quantitative estimate of drug-likeness (QED) is 0.871. The molecule has 2 N–H and O–H groups in total. The van der Waals surface area contributed by atoms with Crippen LogP contribution < -0.4 is 5.73 Å². The highest BCUT2D eigenvalue weighted by Gasteiger charge is 2.23. The van der Waals surface area contributed by atoms with Gasteiger partial charge in [0.2, 0.25) is 5.89 Å². The molecule has 108 valence electrons. The zero-order chi connectivity index (χ0) is 14.1. The second-order valence-electron chi connectivity index (χ2n) is 6.18. The van der Waals surface area contributed by atoms with Gasteiger partial charge in [-0.25, -0.2) is 4.98 Å². The van der Waals surface area contributed by atoms with Crippen LogP contribution in [-0.4, -0.2) is 23.0 Å². The lowest BCUT2D eigenvalue weighted by Gasteiger charge is -2.33. The molecule has 2 aromatic rings. The molecule has 1 heterocycles. The first kappa shape index (κ1) is 13.4. The predicted molar refractivity (Wildman–Crippen MR) is 81.3 cm³/mol. The average molecular weight is 273 g/mol. The van der Waals surface area contributed by atoms with Crippen LogP contribution >= 0.6 is 0 Å².